The minimum Gasteiger partial charge on any atom is -0.306 e. The topological polar surface area (TPSA) is 54.2 Å². The first-order valence-electron chi connectivity index (χ1n) is 7.34. The van der Waals surface area contributed by atoms with Crippen LogP contribution < -0.4 is 10.9 Å². The molecule has 1 aromatic heterocycles. The Kier molecular flexibility index (Phi) is 3.98. The molecule has 0 saturated carbocycles. The SMILES string of the molecule is Clc1cc(-n2ccnc2)cc(Cl)c1-c1ccc(C2=NCNN2)cc1. The highest BCUT2D eigenvalue weighted by molar-refractivity contribution is 6.39. The van der Waals surface area contributed by atoms with E-state index >= 15 is 0 Å². The van der Waals surface area contributed by atoms with Crippen LogP contribution in [0.4, 0.5) is 0 Å². The van der Waals surface area contributed by atoms with E-state index in [0.29, 0.717) is 16.7 Å². The van der Waals surface area contributed by atoms with E-state index in [-0.39, 0.29) is 0 Å². The van der Waals surface area contributed by atoms with Gasteiger partial charge in [0.05, 0.1) is 16.4 Å². The van der Waals surface area contributed by atoms with Crippen molar-refractivity contribution in [3.05, 3.63) is 70.7 Å². The van der Waals surface area contributed by atoms with Crippen molar-refractivity contribution in [1.82, 2.24) is 20.4 Å². The van der Waals surface area contributed by atoms with Crippen LogP contribution in [0.15, 0.2) is 60.1 Å². The average molecular weight is 358 g/mol. The van der Waals surface area contributed by atoms with E-state index in [2.05, 4.69) is 20.8 Å². The number of nitrogens with zero attached hydrogens (tertiary/aromatic N) is 3. The number of aromatic nitrogens is 2. The van der Waals surface area contributed by atoms with E-state index in [1.54, 1.807) is 12.5 Å². The molecule has 0 unspecified atom stereocenters. The van der Waals surface area contributed by atoms with Crippen molar-refractivity contribution in [2.75, 3.05) is 6.67 Å². The number of rotatable bonds is 3. The van der Waals surface area contributed by atoms with Crippen LogP contribution in [0.5, 0.6) is 0 Å². The second-order valence-corrected chi connectivity index (χ2v) is 6.11. The van der Waals surface area contributed by atoms with Gasteiger partial charge in [0.15, 0.2) is 0 Å². The van der Waals surface area contributed by atoms with Gasteiger partial charge in [-0.25, -0.2) is 15.4 Å². The highest BCUT2D eigenvalue weighted by atomic mass is 35.5. The summed E-state index contributed by atoms with van der Waals surface area (Å²) in [4.78, 5) is 8.36. The molecule has 0 fully saturated rings. The van der Waals surface area contributed by atoms with Gasteiger partial charge < -0.3 is 9.99 Å². The summed E-state index contributed by atoms with van der Waals surface area (Å²) >= 11 is 13.0. The highest BCUT2D eigenvalue weighted by Crippen LogP contribution is 2.36. The van der Waals surface area contributed by atoms with E-state index in [1.807, 2.05) is 47.2 Å². The van der Waals surface area contributed by atoms with Gasteiger partial charge in [0.25, 0.3) is 0 Å². The summed E-state index contributed by atoms with van der Waals surface area (Å²) in [7, 11) is 0. The molecule has 1 aliphatic heterocycles. The minimum absolute atomic E-state index is 0.574. The third-order valence-electron chi connectivity index (χ3n) is 3.80. The number of nitrogens with one attached hydrogen (secondary N) is 2. The number of hydrogen-bond acceptors (Lipinski definition) is 4. The van der Waals surface area contributed by atoms with Crippen molar-refractivity contribution in [3.8, 4) is 16.8 Å². The number of amidine groups is 1. The molecule has 7 heteroatoms. The molecule has 5 nitrogen and oxygen atoms in total. The Balaban J connectivity index is 1.71. The van der Waals surface area contributed by atoms with Gasteiger partial charge >= 0.3 is 0 Å². The van der Waals surface area contributed by atoms with Gasteiger partial charge in [-0.3, -0.25) is 0 Å². The molecule has 0 saturated heterocycles. The van der Waals surface area contributed by atoms with Crippen LogP contribution >= 0.6 is 23.2 Å². The second kappa shape index (κ2) is 6.28. The molecule has 0 atom stereocenters. The number of benzene rings is 2. The van der Waals surface area contributed by atoms with E-state index in [1.165, 1.54) is 0 Å². The van der Waals surface area contributed by atoms with Crippen molar-refractivity contribution in [1.29, 1.82) is 0 Å². The summed E-state index contributed by atoms with van der Waals surface area (Å²) in [6.07, 6.45) is 5.27. The van der Waals surface area contributed by atoms with Gasteiger partial charge in [-0.05, 0) is 17.7 Å². The lowest BCUT2D eigenvalue weighted by atomic mass is 10.0. The van der Waals surface area contributed by atoms with Crippen LogP contribution in [0.3, 0.4) is 0 Å². The van der Waals surface area contributed by atoms with Crippen LogP contribution in [0, 0.1) is 0 Å². The minimum atomic E-state index is 0.574. The Morgan fingerprint density at radius 2 is 1.71 bits per heavy atom. The molecule has 0 bridgehead atoms. The summed E-state index contributed by atoms with van der Waals surface area (Å²) in [5.74, 6) is 0.828. The molecule has 2 N–H and O–H groups in total. The number of hydrazine groups is 1. The number of hydrogen-bond donors (Lipinski definition) is 2. The third-order valence-corrected chi connectivity index (χ3v) is 4.40. The zero-order valence-electron chi connectivity index (χ0n) is 12.5. The van der Waals surface area contributed by atoms with Crippen molar-refractivity contribution in [2.45, 2.75) is 0 Å². The summed E-state index contributed by atoms with van der Waals surface area (Å²) in [5, 5.41) is 1.19. The normalized spacial score (nSPS) is 13.7. The lowest BCUT2D eigenvalue weighted by Crippen LogP contribution is -2.30. The first-order chi connectivity index (χ1) is 11.7. The first-order valence-corrected chi connectivity index (χ1v) is 8.09. The van der Waals surface area contributed by atoms with E-state index in [9.17, 15) is 0 Å². The fourth-order valence-corrected chi connectivity index (χ4v) is 3.33. The molecule has 24 heavy (non-hydrogen) atoms. The van der Waals surface area contributed by atoms with Gasteiger partial charge in [-0.15, -0.1) is 0 Å². The van der Waals surface area contributed by atoms with Gasteiger partial charge in [-0.2, -0.15) is 0 Å². The predicted molar refractivity (Wildman–Crippen MR) is 96.7 cm³/mol. The van der Waals surface area contributed by atoms with Gasteiger partial charge in [-0.1, -0.05) is 47.5 Å². The summed E-state index contributed by atoms with van der Waals surface area (Å²) in [6, 6.07) is 11.7. The lowest BCUT2D eigenvalue weighted by molar-refractivity contribution is 0.727. The Morgan fingerprint density at radius 3 is 2.29 bits per heavy atom. The smallest absolute Gasteiger partial charge is 0.144 e. The van der Waals surface area contributed by atoms with Gasteiger partial charge in [0, 0.05) is 29.2 Å². The largest absolute Gasteiger partial charge is 0.306 e. The third kappa shape index (κ3) is 2.78. The van der Waals surface area contributed by atoms with E-state index in [0.717, 1.165) is 28.2 Å². The Morgan fingerprint density at radius 1 is 1.00 bits per heavy atom. The molecule has 0 spiro atoms. The quantitative estimate of drug-likeness (QED) is 0.751. The molecule has 2 aromatic carbocycles. The predicted octanol–water partition coefficient (Wildman–Crippen LogP) is 3.66. The zero-order valence-corrected chi connectivity index (χ0v) is 14.0. The van der Waals surface area contributed by atoms with Crippen LogP contribution in [0.1, 0.15) is 5.56 Å². The Hall–Kier alpha value is -2.34. The maximum absolute atomic E-state index is 6.49. The monoisotopic (exact) mass is 357 g/mol. The summed E-state index contributed by atoms with van der Waals surface area (Å²) in [6.45, 7) is 0.574. The maximum atomic E-state index is 6.49. The fourth-order valence-electron chi connectivity index (χ4n) is 2.64. The van der Waals surface area contributed by atoms with Gasteiger partial charge in [0.2, 0.25) is 0 Å². The van der Waals surface area contributed by atoms with Crippen LogP contribution in [-0.4, -0.2) is 22.1 Å². The molecule has 2 heterocycles. The Labute approximate surface area is 148 Å². The lowest BCUT2D eigenvalue weighted by Gasteiger charge is -2.11. The molecular weight excluding hydrogens is 345 g/mol. The van der Waals surface area contributed by atoms with Crippen LogP contribution in [0.2, 0.25) is 10.0 Å². The van der Waals surface area contributed by atoms with Gasteiger partial charge in [0.1, 0.15) is 12.5 Å². The van der Waals surface area contributed by atoms with E-state index in [4.69, 9.17) is 23.2 Å². The summed E-state index contributed by atoms with van der Waals surface area (Å²) < 4.78 is 1.86. The van der Waals surface area contributed by atoms with E-state index < -0.39 is 0 Å². The second-order valence-electron chi connectivity index (χ2n) is 5.30. The number of halogens is 2. The zero-order chi connectivity index (χ0) is 16.5. The van der Waals surface area contributed by atoms with Crippen molar-refractivity contribution >= 4 is 29.0 Å². The van der Waals surface area contributed by atoms with Crippen molar-refractivity contribution in [3.63, 3.8) is 0 Å². The molecule has 0 radical (unpaired) electrons. The molecule has 1 aliphatic rings. The van der Waals surface area contributed by atoms with Crippen molar-refractivity contribution in [2.24, 2.45) is 4.99 Å². The maximum Gasteiger partial charge on any atom is 0.144 e. The van der Waals surface area contributed by atoms with Crippen LogP contribution in [-0.2, 0) is 0 Å². The molecule has 4 rings (SSSR count). The number of imidazole rings is 1. The highest BCUT2D eigenvalue weighted by Gasteiger charge is 2.13. The average Bonchev–Trinajstić information content (AvgIpc) is 3.29. The molecule has 0 aliphatic carbocycles. The summed E-state index contributed by atoms with van der Waals surface area (Å²) in [5.41, 5.74) is 9.62. The first kappa shape index (κ1) is 15.2. The Bertz CT molecular complexity index is 878. The molecule has 3 aromatic rings. The van der Waals surface area contributed by atoms with Crippen molar-refractivity contribution < 1.29 is 0 Å². The fraction of sp³-hybridized carbons (Fsp3) is 0.0588. The molecular formula is C17H13Cl2N5. The standard InChI is InChI=1S/C17H13Cl2N5/c18-14-7-13(24-6-5-20-10-24)8-15(19)16(14)11-1-3-12(4-2-11)17-21-9-22-23-17/h1-8,10,22H,9H2,(H,21,23). The molecule has 120 valence electrons. The van der Waals surface area contributed by atoms with Crippen LogP contribution in [0.25, 0.3) is 16.8 Å². The number of aliphatic imine (C=N–C) groups is 1. The molecule has 0 amide bonds.